The van der Waals surface area contributed by atoms with Crippen LogP contribution in [-0.4, -0.2) is 23.0 Å². The minimum atomic E-state index is -0.0953. The Bertz CT molecular complexity index is 887. The molecule has 1 N–H and O–H groups in total. The van der Waals surface area contributed by atoms with E-state index >= 15 is 0 Å². The number of amides is 1. The third-order valence-corrected chi connectivity index (χ3v) is 5.02. The molecule has 0 aliphatic heterocycles. The Morgan fingerprint density at radius 2 is 2.00 bits per heavy atom. The van der Waals surface area contributed by atoms with Gasteiger partial charge in [-0.3, -0.25) is 4.79 Å². The van der Waals surface area contributed by atoms with Crippen molar-refractivity contribution in [2.24, 2.45) is 0 Å². The summed E-state index contributed by atoms with van der Waals surface area (Å²) in [5, 5.41) is 3.84. The number of hydrogen-bond donors (Lipinski definition) is 1. The lowest BCUT2D eigenvalue weighted by molar-refractivity contribution is -0.120. The van der Waals surface area contributed by atoms with Gasteiger partial charge in [-0.2, -0.15) is 0 Å². The second-order valence-electron chi connectivity index (χ2n) is 5.89. The molecule has 7 heteroatoms. The molecule has 2 aromatic heterocycles. The molecular formula is C19H21N3O3S. The molecule has 136 valence electrons. The largest absolute Gasteiger partial charge is 0.441 e. The van der Waals surface area contributed by atoms with Crippen molar-refractivity contribution in [3.8, 4) is 11.5 Å². The normalized spacial score (nSPS) is 10.9. The zero-order valence-corrected chi connectivity index (χ0v) is 15.9. The maximum atomic E-state index is 12.3. The number of nitrogens with one attached hydrogen (secondary N) is 1. The van der Waals surface area contributed by atoms with Crippen LogP contribution in [0.1, 0.15) is 27.0 Å². The second kappa shape index (κ2) is 8.25. The van der Waals surface area contributed by atoms with Crippen molar-refractivity contribution in [1.82, 2.24) is 15.3 Å². The summed E-state index contributed by atoms with van der Waals surface area (Å²) in [4.78, 5) is 22.2. The quantitative estimate of drug-likeness (QED) is 0.689. The van der Waals surface area contributed by atoms with Gasteiger partial charge in [-0.25, -0.2) is 9.97 Å². The minimum Gasteiger partial charge on any atom is -0.441 e. The topological polar surface area (TPSA) is 77.2 Å². The first-order valence-corrected chi connectivity index (χ1v) is 9.11. The smallest absolute Gasteiger partial charge is 0.226 e. The van der Waals surface area contributed by atoms with E-state index in [9.17, 15) is 4.79 Å². The van der Waals surface area contributed by atoms with E-state index in [1.165, 1.54) is 0 Å². The van der Waals surface area contributed by atoms with Crippen molar-refractivity contribution in [2.45, 2.75) is 33.4 Å². The maximum absolute atomic E-state index is 12.3. The van der Waals surface area contributed by atoms with Gasteiger partial charge in [-0.05, 0) is 26.0 Å². The van der Waals surface area contributed by atoms with Gasteiger partial charge in [-0.1, -0.05) is 18.2 Å². The van der Waals surface area contributed by atoms with Crippen molar-refractivity contribution >= 4 is 17.2 Å². The van der Waals surface area contributed by atoms with Crippen molar-refractivity contribution in [2.75, 3.05) is 7.11 Å². The van der Waals surface area contributed by atoms with E-state index in [0.717, 1.165) is 21.1 Å². The van der Waals surface area contributed by atoms with Crippen LogP contribution < -0.4 is 5.32 Å². The highest BCUT2D eigenvalue weighted by molar-refractivity contribution is 7.11. The average molecular weight is 371 g/mol. The van der Waals surface area contributed by atoms with E-state index in [-0.39, 0.29) is 12.3 Å². The SMILES string of the molecule is COCc1nc(C)c(CNC(=O)Cc2nc(-c3ccccc3)oc2C)s1. The van der Waals surface area contributed by atoms with Gasteiger partial charge in [0.15, 0.2) is 0 Å². The van der Waals surface area contributed by atoms with Gasteiger partial charge in [-0.15, -0.1) is 11.3 Å². The van der Waals surface area contributed by atoms with Gasteiger partial charge in [0.05, 0.1) is 31.0 Å². The molecule has 3 aromatic rings. The van der Waals surface area contributed by atoms with Gasteiger partial charge in [0.2, 0.25) is 11.8 Å². The predicted octanol–water partition coefficient (Wildman–Crippen LogP) is 3.42. The molecule has 1 aromatic carbocycles. The van der Waals surface area contributed by atoms with Crippen LogP contribution in [0.5, 0.6) is 0 Å². The molecule has 0 saturated carbocycles. The number of oxazole rings is 1. The standard InChI is InChI=1S/C19H21N3O3S/c1-12-16(26-18(21-12)11-24-3)10-20-17(23)9-15-13(2)25-19(22-15)14-7-5-4-6-8-14/h4-8H,9-11H2,1-3H3,(H,20,23). The Kier molecular flexibility index (Phi) is 5.80. The number of ether oxygens (including phenoxy) is 1. The fraction of sp³-hybridized carbons (Fsp3) is 0.316. The fourth-order valence-corrected chi connectivity index (χ4v) is 3.51. The number of rotatable bonds is 7. The van der Waals surface area contributed by atoms with E-state index in [4.69, 9.17) is 9.15 Å². The molecular weight excluding hydrogens is 350 g/mol. The van der Waals surface area contributed by atoms with Crippen molar-refractivity contribution < 1.29 is 13.9 Å². The number of benzene rings is 1. The first-order chi connectivity index (χ1) is 12.6. The second-order valence-corrected chi connectivity index (χ2v) is 7.06. The predicted molar refractivity (Wildman–Crippen MR) is 99.8 cm³/mol. The molecule has 0 bridgehead atoms. The van der Waals surface area contributed by atoms with E-state index in [2.05, 4.69) is 15.3 Å². The highest BCUT2D eigenvalue weighted by atomic mass is 32.1. The highest BCUT2D eigenvalue weighted by Crippen LogP contribution is 2.22. The summed E-state index contributed by atoms with van der Waals surface area (Å²) in [5.41, 5.74) is 2.47. The molecule has 2 heterocycles. The Hall–Kier alpha value is -2.51. The molecule has 26 heavy (non-hydrogen) atoms. The van der Waals surface area contributed by atoms with Crippen molar-refractivity contribution in [3.05, 3.63) is 57.4 Å². The van der Waals surface area contributed by atoms with Gasteiger partial charge in [0, 0.05) is 17.6 Å². The van der Waals surface area contributed by atoms with Gasteiger partial charge >= 0.3 is 0 Å². The van der Waals surface area contributed by atoms with Crippen LogP contribution in [0.3, 0.4) is 0 Å². The Labute approximate surface area is 156 Å². The molecule has 0 fully saturated rings. The molecule has 0 aliphatic carbocycles. The lowest BCUT2D eigenvalue weighted by Gasteiger charge is -2.03. The van der Waals surface area contributed by atoms with Gasteiger partial charge in [0.25, 0.3) is 0 Å². The first-order valence-electron chi connectivity index (χ1n) is 8.29. The van der Waals surface area contributed by atoms with Crippen LogP contribution in [0.15, 0.2) is 34.7 Å². The molecule has 0 aliphatic rings. The van der Waals surface area contributed by atoms with Crippen LogP contribution in [0, 0.1) is 13.8 Å². The van der Waals surface area contributed by atoms with E-state index in [0.29, 0.717) is 30.5 Å². The summed E-state index contributed by atoms with van der Waals surface area (Å²) in [5.74, 6) is 1.10. The monoisotopic (exact) mass is 371 g/mol. The van der Waals surface area contributed by atoms with Crippen molar-refractivity contribution in [3.63, 3.8) is 0 Å². The van der Waals surface area contributed by atoms with Gasteiger partial charge in [0.1, 0.15) is 10.8 Å². The maximum Gasteiger partial charge on any atom is 0.226 e. The summed E-state index contributed by atoms with van der Waals surface area (Å²) < 4.78 is 10.8. The van der Waals surface area contributed by atoms with Crippen LogP contribution in [0.2, 0.25) is 0 Å². The number of hydrogen-bond acceptors (Lipinski definition) is 6. The number of carbonyl (C=O) groups excluding carboxylic acids is 1. The Morgan fingerprint density at radius 3 is 2.73 bits per heavy atom. The van der Waals surface area contributed by atoms with Crippen molar-refractivity contribution in [1.29, 1.82) is 0 Å². The number of carbonyl (C=O) groups is 1. The van der Waals surface area contributed by atoms with Crippen LogP contribution >= 0.6 is 11.3 Å². The van der Waals surface area contributed by atoms with Crippen LogP contribution in [0.4, 0.5) is 0 Å². The molecule has 0 atom stereocenters. The van der Waals surface area contributed by atoms with Gasteiger partial charge < -0.3 is 14.5 Å². The van der Waals surface area contributed by atoms with Crippen LogP contribution in [0.25, 0.3) is 11.5 Å². The lowest BCUT2D eigenvalue weighted by Crippen LogP contribution is -2.24. The summed E-state index contributed by atoms with van der Waals surface area (Å²) in [6.45, 7) is 4.70. The van der Waals surface area contributed by atoms with Crippen LogP contribution in [-0.2, 0) is 29.1 Å². The van der Waals surface area contributed by atoms with E-state index < -0.39 is 0 Å². The molecule has 0 unspecified atom stereocenters. The molecule has 0 saturated heterocycles. The number of aromatic nitrogens is 2. The van der Waals surface area contributed by atoms with E-state index in [1.54, 1.807) is 18.4 Å². The zero-order valence-electron chi connectivity index (χ0n) is 15.0. The summed E-state index contributed by atoms with van der Waals surface area (Å²) in [7, 11) is 1.64. The molecule has 0 radical (unpaired) electrons. The first kappa shape index (κ1) is 18.3. The summed E-state index contributed by atoms with van der Waals surface area (Å²) in [6, 6.07) is 9.65. The highest BCUT2D eigenvalue weighted by Gasteiger charge is 2.15. The third-order valence-electron chi connectivity index (χ3n) is 3.89. The zero-order chi connectivity index (χ0) is 18.5. The number of nitrogens with zero attached hydrogens (tertiary/aromatic N) is 2. The number of thiazole rings is 1. The summed E-state index contributed by atoms with van der Waals surface area (Å²) in [6.07, 6.45) is 0.185. The lowest BCUT2D eigenvalue weighted by atomic mass is 10.2. The molecule has 0 spiro atoms. The molecule has 3 rings (SSSR count). The third kappa shape index (κ3) is 4.36. The summed E-state index contributed by atoms with van der Waals surface area (Å²) >= 11 is 1.55. The Morgan fingerprint density at radius 1 is 1.23 bits per heavy atom. The molecule has 1 amide bonds. The molecule has 6 nitrogen and oxygen atoms in total. The Balaban J connectivity index is 1.61. The minimum absolute atomic E-state index is 0.0953. The number of aryl methyl sites for hydroxylation is 2. The van der Waals surface area contributed by atoms with E-state index in [1.807, 2.05) is 44.2 Å². The number of methoxy groups -OCH3 is 1. The fourth-order valence-electron chi connectivity index (χ4n) is 2.53. The average Bonchev–Trinajstić information content (AvgIpc) is 3.17.